The molecule has 0 aliphatic heterocycles. The summed E-state index contributed by atoms with van der Waals surface area (Å²) in [6, 6.07) is 7.79. The maximum atomic E-state index is 11.8. The van der Waals surface area contributed by atoms with Gasteiger partial charge in [0.25, 0.3) is 0 Å². The summed E-state index contributed by atoms with van der Waals surface area (Å²) in [5.41, 5.74) is 6.22. The van der Waals surface area contributed by atoms with E-state index >= 15 is 0 Å². The first-order valence-corrected chi connectivity index (χ1v) is 7.46. The first kappa shape index (κ1) is 14.0. The van der Waals surface area contributed by atoms with Gasteiger partial charge in [0.1, 0.15) is 10.8 Å². The van der Waals surface area contributed by atoms with Crippen LogP contribution in [0.2, 0.25) is 0 Å². The number of nitrogens with zero attached hydrogens (tertiary/aromatic N) is 2. The van der Waals surface area contributed by atoms with Crippen molar-refractivity contribution in [3.8, 4) is 5.75 Å². The molecular formula is C14H16N4O2S. The quantitative estimate of drug-likeness (QED) is 0.875. The predicted octanol–water partition coefficient (Wildman–Crippen LogP) is 1.57. The number of anilines is 1. The molecule has 3 N–H and O–H groups in total. The molecule has 0 atom stereocenters. The lowest BCUT2D eigenvalue weighted by atomic mass is 10.1. The lowest BCUT2D eigenvalue weighted by Gasteiger charge is -2.06. The Bertz CT molecular complexity index is 666. The molecule has 0 saturated heterocycles. The minimum absolute atomic E-state index is 0.174. The number of nitrogens with one attached hydrogen (secondary N) is 1. The summed E-state index contributed by atoms with van der Waals surface area (Å²) in [6.45, 7) is 0. The van der Waals surface area contributed by atoms with Crippen LogP contribution in [0.1, 0.15) is 23.4 Å². The maximum absolute atomic E-state index is 11.8. The summed E-state index contributed by atoms with van der Waals surface area (Å²) in [5, 5.41) is 12.1. The third-order valence-corrected chi connectivity index (χ3v) is 4.26. The molecule has 1 aliphatic carbocycles. The van der Waals surface area contributed by atoms with E-state index < -0.39 is 5.54 Å². The number of aromatic nitrogens is 2. The number of benzene rings is 1. The molecule has 1 amide bonds. The molecule has 0 radical (unpaired) electrons. The molecule has 0 spiro atoms. The van der Waals surface area contributed by atoms with E-state index in [9.17, 15) is 4.79 Å². The van der Waals surface area contributed by atoms with E-state index in [1.54, 1.807) is 7.11 Å². The minimum atomic E-state index is -0.696. The molecule has 1 saturated carbocycles. The second-order valence-corrected chi connectivity index (χ2v) is 6.20. The van der Waals surface area contributed by atoms with Crippen LogP contribution in [-0.4, -0.2) is 28.8 Å². The van der Waals surface area contributed by atoms with E-state index in [4.69, 9.17) is 10.5 Å². The third kappa shape index (κ3) is 3.20. The van der Waals surface area contributed by atoms with Gasteiger partial charge in [0.05, 0.1) is 12.6 Å². The normalized spacial score (nSPS) is 15.5. The van der Waals surface area contributed by atoms with Gasteiger partial charge in [-0.15, -0.1) is 10.2 Å². The number of amides is 1. The topological polar surface area (TPSA) is 90.1 Å². The van der Waals surface area contributed by atoms with Gasteiger partial charge in [-0.1, -0.05) is 23.5 Å². The molecule has 1 aromatic heterocycles. The van der Waals surface area contributed by atoms with E-state index in [1.807, 2.05) is 24.3 Å². The first-order valence-electron chi connectivity index (χ1n) is 6.65. The number of ether oxygens (including phenoxy) is 1. The lowest BCUT2D eigenvalue weighted by molar-refractivity contribution is -0.118. The predicted molar refractivity (Wildman–Crippen MR) is 80.5 cm³/mol. The summed E-state index contributed by atoms with van der Waals surface area (Å²) >= 11 is 1.36. The number of carbonyl (C=O) groups is 1. The average Bonchev–Trinajstić information content (AvgIpc) is 3.09. The lowest BCUT2D eigenvalue weighted by Crippen LogP contribution is -2.37. The van der Waals surface area contributed by atoms with E-state index in [0.717, 1.165) is 29.2 Å². The van der Waals surface area contributed by atoms with Crippen LogP contribution in [0, 0.1) is 0 Å². The highest BCUT2D eigenvalue weighted by atomic mass is 32.1. The van der Waals surface area contributed by atoms with Crippen molar-refractivity contribution in [2.45, 2.75) is 24.8 Å². The van der Waals surface area contributed by atoms with Gasteiger partial charge in [-0.25, -0.2) is 0 Å². The van der Waals surface area contributed by atoms with Gasteiger partial charge in [-0.05, 0) is 30.5 Å². The molecule has 1 aromatic carbocycles. The van der Waals surface area contributed by atoms with E-state index in [-0.39, 0.29) is 5.91 Å². The zero-order valence-electron chi connectivity index (χ0n) is 11.6. The SMILES string of the molecule is COc1cccc(Cc2nnc(NC(=O)C3(N)CC3)s2)c1. The van der Waals surface area contributed by atoms with Crippen LogP contribution in [0.4, 0.5) is 5.13 Å². The minimum Gasteiger partial charge on any atom is -0.497 e. The summed E-state index contributed by atoms with van der Waals surface area (Å²) in [5.74, 6) is 0.635. The molecule has 6 nitrogen and oxygen atoms in total. The first-order chi connectivity index (χ1) is 10.1. The summed E-state index contributed by atoms with van der Waals surface area (Å²) in [7, 11) is 1.64. The number of hydrogen-bond donors (Lipinski definition) is 2. The molecule has 1 aliphatic rings. The van der Waals surface area contributed by atoms with E-state index in [0.29, 0.717) is 11.6 Å². The van der Waals surface area contributed by atoms with Crippen LogP contribution < -0.4 is 15.8 Å². The van der Waals surface area contributed by atoms with Crippen molar-refractivity contribution in [1.82, 2.24) is 10.2 Å². The molecule has 7 heteroatoms. The zero-order valence-corrected chi connectivity index (χ0v) is 12.4. The molecule has 0 bridgehead atoms. The fourth-order valence-corrected chi connectivity index (χ4v) is 2.68. The van der Waals surface area contributed by atoms with E-state index in [2.05, 4.69) is 15.5 Å². The molecule has 110 valence electrons. The van der Waals surface area contributed by atoms with Crippen LogP contribution in [0.25, 0.3) is 0 Å². The van der Waals surface area contributed by atoms with Crippen LogP contribution in [0.15, 0.2) is 24.3 Å². The molecule has 21 heavy (non-hydrogen) atoms. The molecule has 1 fully saturated rings. The number of carbonyl (C=O) groups excluding carboxylic acids is 1. The van der Waals surface area contributed by atoms with Crippen LogP contribution in [0.3, 0.4) is 0 Å². The third-order valence-electron chi connectivity index (χ3n) is 3.42. The van der Waals surface area contributed by atoms with Gasteiger partial charge >= 0.3 is 0 Å². The highest BCUT2D eigenvalue weighted by Crippen LogP contribution is 2.33. The number of methoxy groups -OCH3 is 1. The Hall–Kier alpha value is -1.99. The van der Waals surface area contributed by atoms with Crippen LogP contribution >= 0.6 is 11.3 Å². The Balaban J connectivity index is 1.65. The van der Waals surface area contributed by atoms with Crippen molar-refractivity contribution in [2.24, 2.45) is 5.73 Å². The van der Waals surface area contributed by atoms with Crippen molar-refractivity contribution in [2.75, 3.05) is 12.4 Å². The average molecular weight is 304 g/mol. The molecule has 2 aromatic rings. The second-order valence-electron chi connectivity index (χ2n) is 5.14. The second kappa shape index (κ2) is 5.42. The highest BCUT2D eigenvalue weighted by molar-refractivity contribution is 7.15. The smallest absolute Gasteiger partial charge is 0.246 e. The van der Waals surface area contributed by atoms with Gasteiger partial charge in [-0.2, -0.15) is 0 Å². The Kier molecular flexibility index (Phi) is 3.60. The number of rotatable bonds is 5. The van der Waals surface area contributed by atoms with Gasteiger partial charge < -0.3 is 10.5 Å². The standard InChI is InChI=1S/C14H16N4O2S/c1-20-10-4-2-3-9(7-10)8-11-17-18-13(21-11)16-12(19)14(15)5-6-14/h2-4,7H,5-6,8,15H2,1H3,(H,16,18,19). The van der Waals surface area contributed by atoms with Crippen molar-refractivity contribution in [3.63, 3.8) is 0 Å². The van der Waals surface area contributed by atoms with Gasteiger partial charge in [0.2, 0.25) is 11.0 Å². The number of nitrogens with two attached hydrogens (primary N) is 1. The Morgan fingerprint density at radius 3 is 3.00 bits per heavy atom. The van der Waals surface area contributed by atoms with Crippen molar-refractivity contribution < 1.29 is 9.53 Å². The number of hydrogen-bond acceptors (Lipinski definition) is 6. The highest BCUT2D eigenvalue weighted by Gasteiger charge is 2.46. The maximum Gasteiger partial charge on any atom is 0.246 e. The van der Waals surface area contributed by atoms with Crippen molar-refractivity contribution in [1.29, 1.82) is 0 Å². The summed E-state index contributed by atoms with van der Waals surface area (Å²) in [6.07, 6.45) is 2.11. The summed E-state index contributed by atoms with van der Waals surface area (Å²) in [4.78, 5) is 11.8. The Morgan fingerprint density at radius 2 is 2.29 bits per heavy atom. The molecular weight excluding hydrogens is 288 g/mol. The largest absolute Gasteiger partial charge is 0.497 e. The van der Waals surface area contributed by atoms with Crippen molar-refractivity contribution in [3.05, 3.63) is 34.8 Å². The monoisotopic (exact) mass is 304 g/mol. The fourth-order valence-electron chi connectivity index (χ4n) is 1.92. The zero-order chi connectivity index (χ0) is 14.9. The molecule has 1 heterocycles. The molecule has 0 unspecified atom stereocenters. The molecule has 3 rings (SSSR count). The van der Waals surface area contributed by atoms with Gasteiger partial charge in [0, 0.05) is 6.42 Å². The van der Waals surface area contributed by atoms with Crippen LogP contribution in [0.5, 0.6) is 5.75 Å². The summed E-state index contributed by atoms with van der Waals surface area (Å²) < 4.78 is 5.19. The van der Waals surface area contributed by atoms with Crippen LogP contribution in [-0.2, 0) is 11.2 Å². The van der Waals surface area contributed by atoms with E-state index in [1.165, 1.54) is 11.3 Å². The fraction of sp³-hybridized carbons (Fsp3) is 0.357. The van der Waals surface area contributed by atoms with Gasteiger partial charge in [-0.3, -0.25) is 10.1 Å². The Morgan fingerprint density at radius 1 is 1.48 bits per heavy atom. The van der Waals surface area contributed by atoms with Gasteiger partial charge in [0.15, 0.2) is 0 Å². The Labute approximate surface area is 126 Å². The van der Waals surface area contributed by atoms with Crippen molar-refractivity contribution >= 4 is 22.4 Å².